The Bertz CT molecular complexity index is 1650. The number of halogens is 4. The summed E-state index contributed by atoms with van der Waals surface area (Å²) in [5.41, 5.74) is -1.01. The van der Waals surface area contributed by atoms with Gasteiger partial charge in [-0.15, -0.1) is 0 Å². The number of methoxy groups -OCH3 is 1. The van der Waals surface area contributed by atoms with E-state index in [0.717, 1.165) is 22.5 Å². The number of carboxylic acids is 1. The number of hydrogen-bond acceptors (Lipinski definition) is 7. The summed E-state index contributed by atoms with van der Waals surface area (Å²) in [5, 5.41) is 10.2. The molecule has 1 fully saturated rings. The SMILES string of the molecule is COc1cc(Cl)cc(-c2cnc3c(c2)N(S(=O)(=O)c2cccc(C(F)(F)F)c2)C[C@@H]2CN(C(C)(C)C(=O)O)CCN32)c1. The Kier molecular flexibility index (Phi) is 7.57. The number of carbonyl (C=O) groups is 1. The molecule has 2 aliphatic heterocycles. The Morgan fingerprint density at radius 2 is 1.81 bits per heavy atom. The molecule has 1 atom stereocenters. The van der Waals surface area contributed by atoms with Crippen LogP contribution in [0.2, 0.25) is 5.02 Å². The molecule has 0 unspecified atom stereocenters. The molecular weight excluding hydrogens is 597 g/mol. The number of sulfonamides is 1. The highest BCUT2D eigenvalue weighted by atomic mass is 35.5. The molecule has 1 saturated heterocycles. The van der Waals surface area contributed by atoms with E-state index in [-0.39, 0.29) is 18.8 Å². The van der Waals surface area contributed by atoms with Crippen LogP contribution in [0.25, 0.3) is 11.1 Å². The van der Waals surface area contributed by atoms with Crippen LogP contribution >= 0.6 is 11.6 Å². The monoisotopic (exact) mass is 624 g/mol. The lowest BCUT2D eigenvalue weighted by Gasteiger charge is -2.50. The first-order chi connectivity index (χ1) is 19.6. The smallest absolute Gasteiger partial charge is 0.416 e. The summed E-state index contributed by atoms with van der Waals surface area (Å²) >= 11 is 6.27. The number of benzene rings is 2. The lowest BCUT2D eigenvalue weighted by Crippen LogP contribution is -2.65. The fraction of sp³-hybridized carbons (Fsp3) is 0.357. The maximum absolute atomic E-state index is 14.1. The Balaban J connectivity index is 1.64. The van der Waals surface area contributed by atoms with E-state index in [4.69, 9.17) is 16.3 Å². The Labute approximate surface area is 246 Å². The number of anilines is 2. The van der Waals surface area contributed by atoms with Crippen molar-refractivity contribution in [3.63, 3.8) is 0 Å². The second kappa shape index (κ2) is 10.6. The van der Waals surface area contributed by atoms with Gasteiger partial charge in [-0.05, 0) is 61.9 Å². The summed E-state index contributed by atoms with van der Waals surface area (Å²) in [4.78, 5) is 19.7. The summed E-state index contributed by atoms with van der Waals surface area (Å²) in [6, 6.07) is 9.68. The molecule has 9 nitrogen and oxygen atoms in total. The second-order valence-electron chi connectivity index (χ2n) is 10.7. The highest BCUT2D eigenvalue weighted by Crippen LogP contribution is 2.42. The first kappa shape index (κ1) is 29.9. The maximum atomic E-state index is 14.1. The van der Waals surface area contributed by atoms with E-state index in [2.05, 4.69) is 4.98 Å². The van der Waals surface area contributed by atoms with Crippen LogP contribution in [0, 0.1) is 0 Å². The predicted octanol–water partition coefficient (Wildman–Crippen LogP) is 4.99. The molecule has 1 N–H and O–H groups in total. The third kappa shape index (κ3) is 5.36. The van der Waals surface area contributed by atoms with Gasteiger partial charge in [0.2, 0.25) is 0 Å². The van der Waals surface area contributed by atoms with Gasteiger partial charge in [0.15, 0.2) is 5.82 Å². The fourth-order valence-electron chi connectivity index (χ4n) is 5.27. The summed E-state index contributed by atoms with van der Waals surface area (Å²) in [6.07, 6.45) is -3.18. The second-order valence-corrected chi connectivity index (χ2v) is 13.0. The van der Waals surface area contributed by atoms with Crippen molar-refractivity contribution in [2.24, 2.45) is 0 Å². The summed E-state index contributed by atoms with van der Waals surface area (Å²) in [6.45, 7) is 3.95. The zero-order valence-corrected chi connectivity index (χ0v) is 24.5. The molecular formula is C28H28ClF3N4O5S. The third-order valence-electron chi connectivity index (χ3n) is 7.75. The number of hydrogen-bond donors (Lipinski definition) is 1. The molecule has 2 aromatic carbocycles. The van der Waals surface area contributed by atoms with Crippen molar-refractivity contribution in [2.75, 3.05) is 42.5 Å². The van der Waals surface area contributed by atoms with Gasteiger partial charge in [-0.1, -0.05) is 17.7 Å². The van der Waals surface area contributed by atoms with Gasteiger partial charge in [-0.25, -0.2) is 13.4 Å². The van der Waals surface area contributed by atoms with Crippen molar-refractivity contribution in [1.82, 2.24) is 9.88 Å². The van der Waals surface area contributed by atoms with E-state index in [1.165, 1.54) is 7.11 Å². The van der Waals surface area contributed by atoms with Gasteiger partial charge in [-0.2, -0.15) is 13.2 Å². The molecule has 0 aliphatic carbocycles. The molecule has 2 aliphatic rings. The van der Waals surface area contributed by atoms with E-state index >= 15 is 0 Å². The normalized spacial score (nSPS) is 17.9. The molecule has 0 spiro atoms. The number of aromatic nitrogens is 1. The van der Waals surface area contributed by atoms with E-state index in [9.17, 15) is 31.5 Å². The molecule has 3 aromatic rings. The van der Waals surface area contributed by atoms with Crippen molar-refractivity contribution in [3.8, 4) is 16.9 Å². The lowest BCUT2D eigenvalue weighted by atomic mass is 9.98. The van der Waals surface area contributed by atoms with Gasteiger partial charge in [0.1, 0.15) is 11.3 Å². The molecule has 0 radical (unpaired) electrons. The topological polar surface area (TPSA) is 103 Å². The predicted molar refractivity (Wildman–Crippen MR) is 152 cm³/mol. The molecule has 3 heterocycles. The van der Waals surface area contributed by atoms with Crippen molar-refractivity contribution in [2.45, 2.75) is 36.5 Å². The molecule has 0 amide bonds. The average molecular weight is 625 g/mol. The number of rotatable bonds is 6. The largest absolute Gasteiger partial charge is 0.497 e. The molecule has 14 heteroatoms. The first-order valence-electron chi connectivity index (χ1n) is 12.9. The van der Waals surface area contributed by atoms with Crippen LogP contribution < -0.4 is 13.9 Å². The standard InChI is InChI=1S/C28H28ClF3N4O5S/c1-27(2,26(37)38)34-7-8-35-21(15-34)16-36(42(39,40)23-6-4-5-19(12-23)28(30,31)32)24-11-18(14-33-25(24)35)17-9-20(29)13-22(10-17)41-3/h4-6,9-14,21H,7-8,15-16H2,1-3H3,(H,37,38)/t21-/m0/s1. The minimum absolute atomic E-state index is 0.137. The number of fused-ring (bicyclic) bond motifs is 3. The number of nitrogens with zero attached hydrogens (tertiary/aromatic N) is 4. The third-order valence-corrected chi connectivity index (χ3v) is 9.74. The van der Waals surface area contributed by atoms with Crippen molar-refractivity contribution >= 4 is 39.1 Å². The quantitative estimate of drug-likeness (QED) is 0.409. The average Bonchev–Trinajstić information content (AvgIpc) is 2.95. The number of piperazine rings is 1. The van der Waals surface area contributed by atoms with E-state index < -0.39 is 44.2 Å². The minimum Gasteiger partial charge on any atom is -0.497 e. The van der Waals surface area contributed by atoms with Crippen LogP contribution in [0.15, 0.2) is 59.6 Å². The van der Waals surface area contributed by atoms with Crippen molar-refractivity contribution < 1.29 is 36.2 Å². The van der Waals surface area contributed by atoms with Crippen molar-refractivity contribution in [1.29, 1.82) is 0 Å². The van der Waals surface area contributed by atoms with E-state index in [0.29, 0.717) is 46.9 Å². The highest BCUT2D eigenvalue weighted by molar-refractivity contribution is 7.92. The Morgan fingerprint density at radius 3 is 2.48 bits per heavy atom. The van der Waals surface area contributed by atoms with Crippen LogP contribution in [-0.4, -0.2) is 74.2 Å². The Hall–Kier alpha value is -3.55. The molecule has 5 rings (SSSR count). The molecule has 1 aromatic heterocycles. The van der Waals surface area contributed by atoms with Gasteiger partial charge in [0.25, 0.3) is 10.0 Å². The fourth-order valence-corrected chi connectivity index (χ4v) is 7.03. The first-order valence-corrected chi connectivity index (χ1v) is 14.7. The van der Waals surface area contributed by atoms with Crippen LogP contribution in [0.1, 0.15) is 19.4 Å². The summed E-state index contributed by atoms with van der Waals surface area (Å²) in [7, 11) is -3.04. The number of carboxylic acid groups (broad SMARTS) is 1. The maximum Gasteiger partial charge on any atom is 0.416 e. The number of aliphatic carboxylic acids is 1. The summed E-state index contributed by atoms with van der Waals surface area (Å²) in [5.74, 6) is -0.228. The number of alkyl halides is 3. The van der Waals surface area contributed by atoms with Gasteiger partial charge >= 0.3 is 12.1 Å². The molecule has 0 bridgehead atoms. The van der Waals surface area contributed by atoms with Gasteiger partial charge in [0.05, 0.1) is 35.8 Å². The minimum atomic E-state index is -4.74. The number of ether oxygens (including phenoxy) is 1. The van der Waals surface area contributed by atoms with E-state index in [1.54, 1.807) is 49.2 Å². The van der Waals surface area contributed by atoms with Crippen LogP contribution in [0.3, 0.4) is 0 Å². The highest BCUT2D eigenvalue weighted by Gasteiger charge is 2.45. The van der Waals surface area contributed by atoms with Gasteiger partial charge in [-0.3, -0.25) is 14.0 Å². The van der Waals surface area contributed by atoms with Crippen LogP contribution in [0.5, 0.6) is 5.75 Å². The number of pyridine rings is 1. The Morgan fingerprint density at radius 1 is 1.07 bits per heavy atom. The van der Waals surface area contributed by atoms with Gasteiger partial charge < -0.3 is 14.7 Å². The van der Waals surface area contributed by atoms with E-state index in [1.807, 2.05) is 4.90 Å². The zero-order chi connectivity index (χ0) is 30.6. The molecule has 42 heavy (non-hydrogen) atoms. The summed E-state index contributed by atoms with van der Waals surface area (Å²) < 4.78 is 75.0. The van der Waals surface area contributed by atoms with Crippen LogP contribution in [-0.2, 0) is 21.0 Å². The molecule has 224 valence electrons. The van der Waals surface area contributed by atoms with Crippen LogP contribution in [0.4, 0.5) is 24.7 Å². The lowest BCUT2D eigenvalue weighted by molar-refractivity contribution is -0.150. The van der Waals surface area contributed by atoms with Gasteiger partial charge in [0, 0.05) is 36.4 Å². The van der Waals surface area contributed by atoms with Crippen molar-refractivity contribution in [3.05, 3.63) is 65.3 Å². The zero-order valence-electron chi connectivity index (χ0n) is 22.9. The molecule has 0 saturated carbocycles.